The standard InChI is InChI=1S/C17H18ClNO5S/c1-4-12-5-7-16(23-3)17(9-12)25(21,22)24-15-8-6-13(18)10-14(15)19-11(2)20/h5-10H,4H2,1-3H3,(H,19,20). The summed E-state index contributed by atoms with van der Waals surface area (Å²) in [5.41, 5.74) is 0.982. The van der Waals surface area contributed by atoms with Crippen LogP contribution >= 0.6 is 11.6 Å². The predicted molar refractivity (Wildman–Crippen MR) is 95.9 cm³/mol. The van der Waals surface area contributed by atoms with Gasteiger partial charge >= 0.3 is 10.1 Å². The summed E-state index contributed by atoms with van der Waals surface area (Å²) in [6.45, 7) is 3.21. The minimum absolute atomic E-state index is 0.0384. The van der Waals surface area contributed by atoms with Crippen LogP contribution in [0.1, 0.15) is 19.4 Å². The quantitative estimate of drug-likeness (QED) is 0.770. The highest BCUT2D eigenvalue weighted by Gasteiger charge is 2.24. The number of amides is 1. The molecule has 134 valence electrons. The van der Waals surface area contributed by atoms with Crippen LogP contribution in [0.2, 0.25) is 5.02 Å². The molecule has 0 saturated carbocycles. The predicted octanol–water partition coefficient (Wildman–Crippen LogP) is 3.64. The van der Waals surface area contributed by atoms with Gasteiger partial charge in [-0.2, -0.15) is 8.42 Å². The molecule has 0 aliphatic carbocycles. The van der Waals surface area contributed by atoms with Crippen LogP contribution in [-0.2, 0) is 21.3 Å². The van der Waals surface area contributed by atoms with Crippen LogP contribution in [0.4, 0.5) is 5.69 Å². The molecule has 6 nitrogen and oxygen atoms in total. The first-order valence-electron chi connectivity index (χ1n) is 7.45. The fourth-order valence-corrected chi connectivity index (χ4v) is 3.50. The van der Waals surface area contributed by atoms with Gasteiger partial charge in [-0.05, 0) is 42.3 Å². The Morgan fingerprint density at radius 2 is 1.84 bits per heavy atom. The van der Waals surface area contributed by atoms with Gasteiger partial charge in [0.2, 0.25) is 5.91 Å². The fourth-order valence-electron chi connectivity index (χ4n) is 2.16. The molecule has 0 aliphatic rings. The zero-order chi connectivity index (χ0) is 18.6. The molecule has 0 unspecified atom stereocenters. The number of anilines is 1. The zero-order valence-electron chi connectivity index (χ0n) is 14.0. The van der Waals surface area contributed by atoms with Gasteiger partial charge in [0.15, 0.2) is 5.75 Å². The number of aryl methyl sites for hydroxylation is 1. The number of hydrogen-bond acceptors (Lipinski definition) is 5. The van der Waals surface area contributed by atoms with Crippen molar-refractivity contribution in [3.63, 3.8) is 0 Å². The molecule has 0 radical (unpaired) electrons. The van der Waals surface area contributed by atoms with Crippen LogP contribution in [0.15, 0.2) is 41.3 Å². The first-order chi connectivity index (χ1) is 11.8. The summed E-state index contributed by atoms with van der Waals surface area (Å²) in [6, 6.07) is 9.11. The normalized spacial score (nSPS) is 11.0. The molecule has 2 aromatic rings. The lowest BCUT2D eigenvalue weighted by Crippen LogP contribution is -2.14. The number of carbonyl (C=O) groups is 1. The van der Waals surface area contributed by atoms with Crippen molar-refractivity contribution in [3.8, 4) is 11.5 Å². The molecular weight excluding hydrogens is 366 g/mol. The van der Waals surface area contributed by atoms with E-state index in [1.54, 1.807) is 12.1 Å². The van der Waals surface area contributed by atoms with E-state index in [1.807, 2.05) is 6.92 Å². The van der Waals surface area contributed by atoms with Gasteiger partial charge in [0.05, 0.1) is 12.8 Å². The molecule has 8 heteroatoms. The third-order valence-corrected chi connectivity index (χ3v) is 4.85. The molecule has 0 spiro atoms. The Morgan fingerprint density at radius 3 is 2.44 bits per heavy atom. The van der Waals surface area contributed by atoms with Gasteiger partial charge in [0.1, 0.15) is 10.6 Å². The van der Waals surface area contributed by atoms with E-state index in [9.17, 15) is 13.2 Å². The lowest BCUT2D eigenvalue weighted by atomic mass is 10.2. The van der Waals surface area contributed by atoms with Gasteiger partial charge in [0.25, 0.3) is 0 Å². The Kier molecular flexibility index (Phi) is 5.92. The second-order valence-electron chi connectivity index (χ2n) is 5.20. The molecule has 0 fully saturated rings. The highest BCUT2D eigenvalue weighted by Crippen LogP contribution is 2.33. The van der Waals surface area contributed by atoms with Crippen LogP contribution < -0.4 is 14.2 Å². The van der Waals surface area contributed by atoms with E-state index < -0.39 is 10.1 Å². The van der Waals surface area contributed by atoms with Crippen molar-refractivity contribution in [3.05, 3.63) is 47.0 Å². The van der Waals surface area contributed by atoms with Crippen LogP contribution in [0.25, 0.3) is 0 Å². The Balaban J connectivity index is 2.48. The molecule has 25 heavy (non-hydrogen) atoms. The minimum atomic E-state index is -4.18. The molecule has 0 aliphatic heterocycles. The van der Waals surface area contributed by atoms with E-state index in [-0.39, 0.29) is 28.0 Å². The molecule has 1 N–H and O–H groups in total. The Bertz CT molecular complexity index is 896. The maximum Gasteiger partial charge on any atom is 0.343 e. The number of hydrogen-bond donors (Lipinski definition) is 1. The number of ether oxygens (including phenoxy) is 1. The average Bonchev–Trinajstić information content (AvgIpc) is 2.56. The highest BCUT2D eigenvalue weighted by atomic mass is 35.5. The van der Waals surface area contributed by atoms with Gasteiger partial charge in [0, 0.05) is 11.9 Å². The number of rotatable bonds is 6. The van der Waals surface area contributed by atoms with E-state index in [0.29, 0.717) is 11.4 Å². The third-order valence-electron chi connectivity index (χ3n) is 3.36. The number of nitrogens with one attached hydrogen (secondary N) is 1. The van der Waals surface area contributed by atoms with Crippen LogP contribution in [-0.4, -0.2) is 21.4 Å². The third kappa shape index (κ3) is 4.64. The lowest BCUT2D eigenvalue weighted by molar-refractivity contribution is -0.114. The molecule has 0 bridgehead atoms. The van der Waals surface area contributed by atoms with Gasteiger partial charge in [-0.3, -0.25) is 4.79 Å². The van der Waals surface area contributed by atoms with Crippen molar-refractivity contribution in [2.45, 2.75) is 25.2 Å². The molecular formula is C17H18ClNO5S. The van der Waals surface area contributed by atoms with Crippen LogP contribution in [0.3, 0.4) is 0 Å². The first-order valence-corrected chi connectivity index (χ1v) is 9.24. The highest BCUT2D eigenvalue weighted by molar-refractivity contribution is 7.87. The van der Waals surface area contributed by atoms with Crippen molar-refractivity contribution in [1.82, 2.24) is 0 Å². The molecule has 0 atom stereocenters. The van der Waals surface area contributed by atoms with E-state index in [1.165, 1.54) is 38.3 Å². The van der Waals surface area contributed by atoms with E-state index in [4.69, 9.17) is 20.5 Å². The van der Waals surface area contributed by atoms with Crippen LogP contribution in [0.5, 0.6) is 11.5 Å². The van der Waals surface area contributed by atoms with E-state index in [0.717, 1.165) is 5.56 Å². The molecule has 0 aromatic heterocycles. The average molecular weight is 384 g/mol. The van der Waals surface area contributed by atoms with Crippen molar-refractivity contribution >= 4 is 33.3 Å². The SMILES string of the molecule is CCc1ccc(OC)c(S(=O)(=O)Oc2ccc(Cl)cc2NC(C)=O)c1. The zero-order valence-corrected chi connectivity index (χ0v) is 15.6. The second-order valence-corrected chi connectivity index (χ2v) is 7.15. The maximum absolute atomic E-state index is 12.7. The number of benzene rings is 2. The molecule has 0 saturated heterocycles. The first kappa shape index (κ1) is 19.1. The topological polar surface area (TPSA) is 81.7 Å². The number of halogens is 1. The van der Waals surface area contributed by atoms with Crippen molar-refractivity contribution in [2.24, 2.45) is 0 Å². The van der Waals surface area contributed by atoms with Crippen molar-refractivity contribution in [2.75, 3.05) is 12.4 Å². The summed E-state index contributed by atoms with van der Waals surface area (Å²) in [4.78, 5) is 11.2. The summed E-state index contributed by atoms with van der Waals surface area (Å²) in [6.07, 6.45) is 0.657. The summed E-state index contributed by atoms with van der Waals surface area (Å²) in [5.74, 6) is -0.245. The fraction of sp³-hybridized carbons (Fsp3) is 0.235. The monoisotopic (exact) mass is 383 g/mol. The van der Waals surface area contributed by atoms with Gasteiger partial charge < -0.3 is 14.2 Å². The summed E-state index contributed by atoms with van der Waals surface area (Å²) < 4.78 is 35.8. The Morgan fingerprint density at radius 1 is 1.16 bits per heavy atom. The maximum atomic E-state index is 12.7. The van der Waals surface area contributed by atoms with Crippen LogP contribution in [0, 0.1) is 0 Å². The minimum Gasteiger partial charge on any atom is -0.495 e. The molecule has 2 rings (SSSR count). The van der Waals surface area contributed by atoms with Gasteiger partial charge in [-0.1, -0.05) is 24.6 Å². The summed E-state index contributed by atoms with van der Waals surface area (Å²) >= 11 is 5.90. The number of carbonyl (C=O) groups excluding carboxylic acids is 1. The Hall–Kier alpha value is -2.25. The Labute approximate surface area is 151 Å². The largest absolute Gasteiger partial charge is 0.495 e. The van der Waals surface area contributed by atoms with Crippen molar-refractivity contribution < 1.29 is 22.1 Å². The molecule has 1 amide bonds. The van der Waals surface area contributed by atoms with E-state index >= 15 is 0 Å². The molecule has 2 aromatic carbocycles. The molecule has 0 heterocycles. The summed E-state index contributed by atoms with van der Waals surface area (Å²) in [7, 11) is -2.80. The summed E-state index contributed by atoms with van der Waals surface area (Å²) in [5, 5.41) is 2.83. The van der Waals surface area contributed by atoms with E-state index in [2.05, 4.69) is 5.32 Å². The number of methoxy groups -OCH3 is 1. The second kappa shape index (κ2) is 7.76. The van der Waals surface area contributed by atoms with Gasteiger partial charge in [-0.15, -0.1) is 0 Å². The van der Waals surface area contributed by atoms with Gasteiger partial charge in [-0.25, -0.2) is 0 Å². The van der Waals surface area contributed by atoms with Crippen molar-refractivity contribution in [1.29, 1.82) is 0 Å². The lowest BCUT2D eigenvalue weighted by Gasteiger charge is -2.14. The smallest absolute Gasteiger partial charge is 0.343 e.